The lowest BCUT2D eigenvalue weighted by atomic mass is 10.1. The van der Waals surface area contributed by atoms with Crippen LogP contribution in [-0.4, -0.2) is 20.6 Å². The standard InChI is InChI=1S/C10H13NO2S/c1-8-2-4-9(5-3-8)10-6-7-14(12,13)11-10/h2-5,12-13H,6-7H2,1H3. The lowest BCUT2D eigenvalue weighted by molar-refractivity contribution is 0.493. The molecule has 1 aromatic rings. The Balaban J connectivity index is 2.29. The third kappa shape index (κ3) is 1.97. The average Bonchev–Trinajstić information content (AvgIpc) is 2.47. The summed E-state index contributed by atoms with van der Waals surface area (Å²) in [6.45, 7) is 2.02. The molecular weight excluding hydrogens is 198 g/mol. The smallest absolute Gasteiger partial charge is 0.0689 e. The Morgan fingerprint density at radius 1 is 1.21 bits per heavy atom. The lowest BCUT2D eigenvalue weighted by Crippen LogP contribution is -1.96. The minimum atomic E-state index is -2.67. The van der Waals surface area contributed by atoms with Crippen LogP contribution in [0.25, 0.3) is 0 Å². The predicted octanol–water partition coefficient (Wildman–Crippen LogP) is 2.85. The molecule has 0 amide bonds. The van der Waals surface area contributed by atoms with Gasteiger partial charge in [-0.1, -0.05) is 40.6 Å². The van der Waals surface area contributed by atoms with Crippen molar-refractivity contribution in [2.24, 2.45) is 4.40 Å². The first-order chi connectivity index (χ1) is 6.57. The van der Waals surface area contributed by atoms with Crippen molar-refractivity contribution in [2.75, 3.05) is 5.75 Å². The van der Waals surface area contributed by atoms with Crippen molar-refractivity contribution in [2.45, 2.75) is 13.3 Å². The molecule has 76 valence electrons. The van der Waals surface area contributed by atoms with Crippen molar-refractivity contribution >= 4 is 16.5 Å². The summed E-state index contributed by atoms with van der Waals surface area (Å²) >= 11 is 0. The van der Waals surface area contributed by atoms with Crippen molar-refractivity contribution in [3.8, 4) is 0 Å². The maximum atomic E-state index is 9.33. The van der Waals surface area contributed by atoms with Crippen LogP contribution in [0.15, 0.2) is 28.7 Å². The van der Waals surface area contributed by atoms with Gasteiger partial charge >= 0.3 is 0 Å². The van der Waals surface area contributed by atoms with E-state index in [2.05, 4.69) is 4.40 Å². The molecule has 1 aliphatic heterocycles. The molecular formula is C10H13NO2S. The quantitative estimate of drug-likeness (QED) is 0.750. The summed E-state index contributed by atoms with van der Waals surface area (Å²) in [5.41, 5.74) is 3.00. The molecule has 0 aliphatic carbocycles. The first-order valence-corrected chi connectivity index (χ1v) is 6.16. The van der Waals surface area contributed by atoms with Gasteiger partial charge in [0, 0.05) is 6.42 Å². The fourth-order valence-electron chi connectivity index (χ4n) is 1.44. The largest absolute Gasteiger partial charge is 0.280 e. The normalized spacial score (nSPS) is 21.8. The number of rotatable bonds is 1. The van der Waals surface area contributed by atoms with Crippen LogP contribution in [0.2, 0.25) is 0 Å². The van der Waals surface area contributed by atoms with Crippen molar-refractivity contribution in [3.05, 3.63) is 35.4 Å². The van der Waals surface area contributed by atoms with Gasteiger partial charge in [-0.15, -0.1) is 0 Å². The Hall–Kier alpha value is -0.840. The van der Waals surface area contributed by atoms with Gasteiger partial charge in [-0.3, -0.25) is 9.11 Å². The molecule has 4 heteroatoms. The zero-order valence-electron chi connectivity index (χ0n) is 7.97. The van der Waals surface area contributed by atoms with Gasteiger partial charge in [-0.05, 0) is 12.5 Å². The number of benzene rings is 1. The van der Waals surface area contributed by atoms with E-state index < -0.39 is 10.8 Å². The zero-order chi connectivity index (χ0) is 10.2. The molecule has 0 saturated heterocycles. The molecule has 1 aromatic carbocycles. The van der Waals surface area contributed by atoms with Crippen molar-refractivity contribution in [3.63, 3.8) is 0 Å². The highest BCUT2D eigenvalue weighted by Crippen LogP contribution is 2.46. The van der Waals surface area contributed by atoms with Crippen LogP contribution in [0.5, 0.6) is 0 Å². The number of hydrogen-bond acceptors (Lipinski definition) is 3. The minimum Gasteiger partial charge on any atom is -0.280 e. The van der Waals surface area contributed by atoms with Gasteiger partial charge in [0.05, 0.1) is 11.5 Å². The van der Waals surface area contributed by atoms with Gasteiger partial charge in [0.1, 0.15) is 0 Å². The van der Waals surface area contributed by atoms with Gasteiger partial charge < -0.3 is 0 Å². The van der Waals surface area contributed by atoms with Crippen LogP contribution in [0.4, 0.5) is 0 Å². The SMILES string of the molecule is Cc1ccc(C2=NS(O)(O)CC2)cc1. The van der Waals surface area contributed by atoms with E-state index in [1.165, 1.54) is 5.56 Å². The summed E-state index contributed by atoms with van der Waals surface area (Å²) in [7, 11) is -2.67. The number of hydrogen-bond donors (Lipinski definition) is 2. The second kappa shape index (κ2) is 3.38. The second-order valence-corrected chi connectivity index (χ2v) is 5.35. The maximum Gasteiger partial charge on any atom is 0.0689 e. The summed E-state index contributed by atoms with van der Waals surface area (Å²) in [5.74, 6) is 0.371. The van der Waals surface area contributed by atoms with E-state index in [1.807, 2.05) is 31.2 Å². The van der Waals surface area contributed by atoms with Gasteiger partial charge in [0.2, 0.25) is 0 Å². The first-order valence-electron chi connectivity index (χ1n) is 4.48. The fraction of sp³-hybridized carbons (Fsp3) is 0.300. The molecule has 1 heterocycles. The van der Waals surface area contributed by atoms with Crippen LogP contribution in [0.1, 0.15) is 17.5 Å². The van der Waals surface area contributed by atoms with Crippen LogP contribution >= 0.6 is 10.8 Å². The summed E-state index contributed by atoms with van der Waals surface area (Å²) in [5, 5.41) is 0. The van der Waals surface area contributed by atoms with E-state index in [0.29, 0.717) is 12.2 Å². The molecule has 3 nitrogen and oxygen atoms in total. The first kappa shape index (κ1) is 9.71. The average molecular weight is 211 g/mol. The zero-order valence-corrected chi connectivity index (χ0v) is 8.79. The van der Waals surface area contributed by atoms with Gasteiger partial charge in [0.25, 0.3) is 0 Å². The second-order valence-electron chi connectivity index (χ2n) is 3.49. The van der Waals surface area contributed by atoms with E-state index in [-0.39, 0.29) is 0 Å². The molecule has 0 aromatic heterocycles. The number of aryl methyl sites for hydroxylation is 1. The van der Waals surface area contributed by atoms with Gasteiger partial charge in [0.15, 0.2) is 0 Å². The van der Waals surface area contributed by atoms with E-state index in [9.17, 15) is 9.11 Å². The van der Waals surface area contributed by atoms with Crippen LogP contribution < -0.4 is 0 Å². The molecule has 0 fully saturated rings. The van der Waals surface area contributed by atoms with Crippen molar-refractivity contribution in [1.29, 1.82) is 0 Å². The summed E-state index contributed by atoms with van der Waals surface area (Å²) in [4.78, 5) is 0. The summed E-state index contributed by atoms with van der Waals surface area (Å²) in [6.07, 6.45) is 0.658. The van der Waals surface area contributed by atoms with Crippen molar-refractivity contribution in [1.82, 2.24) is 0 Å². The third-order valence-electron chi connectivity index (χ3n) is 2.25. The topological polar surface area (TPSA) is 52.8 Å². The van der Waals surface area contributed by atoms with Crippen molar-refractivity contribution < 1.29 is 9.11 Å². The molecule has 0 atom stereocenters. The molecule has 0 spiro atoms. The maximum absolute atomic E-state index is 9.33. The number of nitrogens with zero attached hydrogens (tertiary/aromatic N) is 1. The molecule has 0 radical (unpaired) electrons. The van der Waals surface area contributed by atoms with Gasteiger partial charge in [-0.25, -0.2) is 0 Å². The monoisotopic (exact) mass is 211 g/mol. The van der Waals surface area contributed by atoms with E-state index >= 15 is 0 Å². The molecule has 1 aliphatic rings. The van der Waals surface area contributed by atoms with Crippen LogP contribution in [0.3, 0.4) is 0 Å². The van der Waals surface area contributed by atoms with E-state index in [0.717, 1.165) is 11.3 Å². The summed E-state index contributed by atoms with van der Waals surface area (Å²) in [6, 6.07) is 7.94. The minimum absolute atomic E-state index is 0.371. The summed E-state index contributed by atoms with van der Waals surface area (Å²) < 4.78 is 22.6. The lowest BCUT2D eigenvalue weighted by Gasteiger charge is -2.20. The Bertz CT molecular complexity index is 370. The highest BCUT2D eigenvalue weighted by molar-refractivity contribution is 8.23. The van der Waals surface area contributed by atoms with E-state index in [4.69, 9.17) is 0 Å². The highest BCUT2D eigenvalue weighted by atomic mass is 32.3. The molecule has 14 heavy (non-hydrogen) atoms. The van der Waals surface area contributed by atoms with Gasteiger partial charge in [-0.2, -0.15) is 4.40 Å². The Morgan fingerprint density at radius 3 is 2.36 bits per heavy atom. The molecule has 2 rings (SSSR count). The molecule has 0 bridgehead atoms. The highest BCUT2D eigenvalue weighted by Gasteiger charge is 2.21. The molecule has 2 N–H and O–H groups in total. The predicted molar refractivity (Wildman–Crippen MR) is 60.0 cm³/mol. The van der Waals surface area contributed by atoms with Crippen LogP contribution in [0, 0.1) is 6.92 Å². The molecule has 0 saturated carbocycles. The molecule has 0 unspecified atom stereocenters. The Morgan fingerprint density at radius 2 is 1.86 bits per heavy atom. The fourth-order valence-corrected chi connectivity index (χ4v) is 2.55. The van der Waals surface area contributed by atoms with E-state index in [1.54, 1.807) is 0 Å². The third-order valence-corrected chi connectivity index (χ3v) is 3.52. The Labute approximate surface area is 85.0 Å². The Kier molecular flexibility index (Phi) is 2.34. The van der Waals surface area contributed by atoms with Crippen LogP contribution in [-0.2, 0) is 0 Å².